The van der Waals surface area contributed by atoms with Crippen molar-refractivity contribution in [1.29, 1.82) is 0 Å². The van der Waals surface area contributed by atoms with Crippen molar-refractivity contribution in [2.45, 2.75) is 38.1 Å². The molecule has 0 spiro atoms. The smallest absolute Gasteiger partial charge is 0.219 e. The van der Waals surface area contributed by atoms with E-state index in [1.807, 2.05) is 4.90 Å². The van der Waals surface area contributed by atoms with Crippen LogP contribution < -0.4 is 5.73 Å². The molecule has 1 saturated carbocycles. The number of nitrogens with zero attached hydrogens (tertiary/aromatic N) is 1. The van der Waals surface area contributed by atoms with Crippen molar-refractivity contribution >= 4 is 5.91 Å². The Bertz CT molecular complexity index is 215. The Balaban J connectivity index is 1.86. The summed E-state index contributed by atoms with van der Waals surface area (Å²) in [7, 11) is 0. The van der Waals surface area contributed by atoms with Crippen LogP contribution in [0.5, 0.6) is 0 Å². The number of rotatable bonds is 1. The van der Waals surface area contributed by atoms with Gasteiger partial charge in [0.1, 0.15) is 0 Å². The molecule has 2 aliphatic rings. The topological polar surface area (TPSA) is 46.3 Å². The second-order valence-corrected chi connectivity index (χ2v) is 4.51. The van der Waals surface area contributed by atoms with E-state index in [1.165, 1.54) is 12.8 Å². The summed E-state index contributed by atoms with van der Waals surface area (Å²) in [4.78, 5) is 13.0. The van der Waals surface area contributed by atoms with Crippen molar-refractivity contribution in [3.05, 3.63) is 0 Å². The van der Waals surface area contributed by atoms with E-state index in [0.717, 1.165) is 25.9 Å². The molecule has 2 N–H and O–H groups in total. The normalized spacial score (nSPS) is 27.4. The monoisotopic (exact) mass is 182 g/mol. The van der Waals surface area contributed by atoms with Crippen LogP contribution in [0.1, 0.15) is 32.6 Å². The van der Waals surface area contributed by atoms with Gasteiger partial charge in [-0.1, -0.05) is 0 Å². The molecule has 0 aromatic heterocycles. The SMILES string of the molecule is CC(=O)N1CCC(C2(N)CC2)CC1. The standard InChI is InChI=1S/C10H18N2O/c1-8(13)12-6-2-9(3-7-12)10(11)4-5-10/h9H,2-7,11H2,1H3. The summed E-state index contributed by atoms with van der Waals surface area (Å²) in [6, 6.07) is 0. The first-order valence-corrected chi connectivity index (χ1v) is 5.16. The maximum absolute atomic E-state index is 11.1. The summed E-state index contributed by atoms with van der Waals surface area (Å²) in [6.45, 7) is 3.48. The largest absolute Gasteiger partial charge is 0.343 e. The van der Waals surface area contributed by atoms with Gasteiger partial charge in [0.25, 0.3) is 0 Å². The Kier molecular flexibility index (Phi) is 2.06. The summed E-state index contributed by atoms with van der Waals surface area (Å²) in [5.41, 5.74) is 6.30. The van der Waals surface area contributed by atoms with Gasteiger partial charge < -0.3 is 10.6 Å². The molecule has 0 aromatic rings. The lowest BCUT2D eigenvalue weighted by Crippen LogP contribution is -2.43. The highest BCUT2D eigenvalue weighted by molar-refractivity contribution is 5.73. The molecule has 1 aliphatic heterocycles. The fourth-order valence-electron chi connectivity index (χ4n) is 2.32. The molecule has 1 saturated heterocycles. The van der Waals surface area contributed by atoms with Gasteiger partial charge in [-0.15, -0.1) is 0 Å². The highest BCUT2D eigenvalue weighted by atomic mass is 16.2. The minimum absolute atomic E-state index is 0.156. The van der Waals surface area contributed by atoms with Crippen molar-refractivity contribution in [2.75, 3.05) is 13.1 Å². The van der Waals surface area contributed by atoms with E-state index in [9.17, 15) is 4.79 Å². The van der Waals surface area contributed by atoms with E-state index in [1.54, 1.807) is 6.92 Å². The van der Waals surface area contributed by atoms with E-state index in [0.29, 0.717) is 5.92 Å². The summed E-state index contributed by atoms with van der Waals surface area (Å²) < 4.78 is 0. The van der Waals surface area contributed by atoms with Crippen LogP contribution in [0.2, 0.25) is 0 Å². The van der Waals surface area contributed by atoms with Crippen molar-refractivity contribution < 1.29 is 4.79 Å². The highest BCUT2D eigenvalue weighted by Gasteiger charge is 2.46. The molecule has 1 amide bonds. The number of carbonyl (C=O) groups is 1. The maximum atomic E-state index is 11.1. The Morgan fingerprint density at radius 3 is 2.31 bits per heavy atom. The van der Waals surface area contributed by atoms with Crippen LogP contribution in [0, 0.1) is 5.92 Å². The summed E-state index contributed by atoms with van der Waals surface area (Å²) in [5, 5.41) is 0. The van der Waals surface area contributed by atoms with E-state index in [2.05, 4.69) is 0 Å². The third-order valence-electron chi connectivity index (χ3n) is 3.58. The number of hydrogen-bond acceptors (Lipinski definition) is 2. The second kappa shape index (κ2) is 2.98. The number of nitrogens with two attached hydrogens (primary N) is 1. The van der Waals surface area contributed by atoms with Gasteiger partial charge in [-0.25, -0.2) is 0 Å². The van der Waals surface area contributed by atoms with Crippen LogP contribution >= 0.6 is 0 Å². The van der Waals surface area contributed by atoms with Gasteiger partial charge in [0.15, 0.2) is 0 Å². The zero-order valence-electron chi connectivity index (χ0n) is 8.25. The maximum Gasteiger partial charge on any atom is 0.219 e. The molecule has 0 unspecified atom stereocenters. The van der Waals surface area contributed by atoms with Crippen molar-refractivity contribution in [3.63, 3.8) is 0 Å². The first-order valence-electron chi connectivity index (χ1n) is 5.16. The molecule has 3 heteroatoms. The number of likely N-dealkylation sites (tertiary alicyclic amines) is 1. The highest BCUT2D eigenvalue weighted by Crippen LogP contribution is 2.44. The van der Waals surface area contributed by atoms with Crippen LogP contribution in [0.4, 0.5) is 0 Å². The molecular formula is C10H18N2O. The molecule has 2 rings (SSSR count). The molecule has 1 aliphatic carbocycles. The quantitative estimate of drug-likeness (QED) is 0.650. The molecule has 1 heterocycles. The van der Waals surface area contributed by atoms with Gasteiger partial charge in [0, 0.05) is 25.6 Å². The van der Waals surface area contributed by atoms with E-state index < -0.39 is 0 Å². The minimum Gasteiger partial charge on any atom is -0.343 e. The van der Waals surface area contributed by atoms with E-state index in [4.69, 9.17) is 5.73 Å². The molecule has 0 atom stereocenters. The summed E-state index contributed by atoms with van der Waals surface area (Å²) in [5.74, 6) is 0.878. The first-order chi connectivity index (χ1) is 6.12. The molecule has 2 fully saturated rings. The number of hydrogen-bond donors (Lipinski definition) is 1. The van der Waals surface area contributed by atoms with Crippen LogP contribution in [0.15, 0.2) is 0 Å². The summed E-state index contributed by atoms with van der Waals surface area (Å²) in [6.07, 6.45) is 4.60. The minimum atomic E-state index is 0.156. The molecular weight excluding hydrogens is 164 g/mol. The molecule has 3 nitrogen and oxygen atoms in total. The Hall–Kier alpha value is -0.570. The van der Waals surface area contributed by atoms with Gasteiger partial charge in [-0.3, -0.25) is 4.79 Å². The molecule has 0 radical (unpaired) electrons. The van der Waals surface area contributed by atoms with Crippen molar-refractivity contribution in [3.8, 4) is 0 Å². The molecule has 13 heavy (non-hydrogen) atoms. The Labute approximate surface area is 79.3 Å². The van der Waals surface area contributed by atoms with Crippen molar-refractivity contribution in [1.82, 2.24) is 4.90 Å². The van der Waals surface area contributed by atoms with Gasteiger partial charge in [-0.05, 0) is 31.6 Å². The number of amides is 1. The predicted octanol–water partition coefficient (Wildman–Crippen LogP) is 0.736. The van der Waals surface area contributed by atoms with Gasteiger partial charge in [0.05, 0.1) is 0 Å². The lowest BCUT2D eigenvalue weighted by Gasteiger charge is -2.34. The first kappa shape index (κ1) is 9.00. The predicted molar refractivity (Wildman–Crippen MR) is 51.1 cm³/mol. The van der Waals surface area contributed by atoms with Crippen LogP contribution in [0.25, 0.3) is 0 Å². The lowest BCUT2D eigenvalue weighted by molar-refractivity contribution is -0.130. The summed E-state index contributed by atoms with van der Waals surface area (Å²) >= 11 is 0. The van der Waals surface area contributed by atoms with Gasteiger partial charge in [-0.2, -0.15) is 0 Å². The van der Waals surface area contributed by atoms with E-state index >= 15 is 0 Å². The van der Waals surface area contributed by atoms with Crippen molar-refractivity contribution in [2.24, 2.45) is 11.7 Å². The third-order valence-corrected chi connectivity index (χ3v) is 3.58. The second-order valence-electron chi connectivity index (χ2n) is 4.51. The molecule has 0 aromatic carbocycles. The van der Waals surface area contributed by atoms with Crippen LogP contribution in [-0.2, 0) is 4.79 Å². The molecule has 74 valence electrons. The van der Waals surface area contributed by atoms with Gasteiger partial charge in [0.2, 0.25) is 5.91 Å². The average molecular weight is 182 g/mol. The number of piperidine rings is 1. The molecule has 0 bridgehead atoms. The van der Waals surface area contributed by atoms with Crippen LogP contribution in [-0.4, -0.2) is 29.4 Å². The van der Waals surface area contributed by atoms with Gasteiger partial charge >= 0.3 is 0 Å². The zero-order valence-corrected chi connectivity index (χ0v) is 8.25. The Morgan fingerprint density at radius 2 is 1.92 bits per heavy atom. The van der Waals surface area contributed by atoms with Crippen LogP contribution in [0.3, 0.4) is 0 Å². The third kappa shape index (κ3) is 1.70. The average Bonchev–Trinajstić information content (AvgIpc) is 2.85. The fraction of sp³-hybridized carbons (Fsp3) is 0.900. The van der Waals surface area contributed by atoms with E-state index in [-0.39, 0.29) is 11.4 Å². The number of carbonyl (C=O) groups excluding carboxylic acids is 1. The Morgan fingerprint density at radius 1 is 1.38 bits per heavy atom. The zero-order chi connectivity index (χ0) is 9.47. The lowest BCUT2D eigenvalue weighted by atomic mass is 9.88. The fourth-order valence-corrected chi connectivity index (χ4v) is 2.32.